The quantitative estimate of drug-likeness (QED) is 0.0959. The minimum atomic E-state index is -1.19. The van der Waals surface area contributed by atoms with Crippen LogP contribution in [0.5, 0.6) is 0 Å². The van der Waals surface area contributed by atoms with E-state index >= 15 is 0 Å². The molecule has 4 rings (SSSR count). The number of carbonyl (C=O) groups is 1. The van der Waals surface area contributed by atoms with Crippen molar-refractivity contribution >= 4 is 28.1 Å². The van der Waals surface area contributed by atoms with Crippen LogP contribution < -0.4 is 5.32 Å². The van der Waals surface area contributed by atoms with E-state index in [1.54, 1.807) is 5.38 Å². The fourth-order valence-electron chi connectivity index (χ4n) is 4.00. The molecule has 4 aromatic rings. The van der Waals surface area contributed by atoms with Crippen LogP contribution in [0.4, 0.5) is 5.13 Å². The second-order valence-electron chi connectivity index (χ2n) is 9.60. The number of likely N-dealkylation sites (N-methyl/N-ethyl adjacent to an activating group) is 1. The minimum Gasteiger partial charge on any atom is -0.476 e. The molecule has 0 saturated carbocycles. The number of nitrogens with zero attached hydrogens (tertiary/aromatic N) is 3. The highest BCUT2D eigenvalue weighted by molar-refractivity contribution is 7.14. The third kappa shape index (κ3) is 6.22. The zero-order valence-electron chi connectivity index (χ0n) is 21.2. The molecule has 0 fully saturated rings. The average molecular weight is 516 g/mol. The van der Waals surface area contributed by atoms with E-state index < -0.39 is 11.5 Å². The number of carboxylic acids is 1. The molecule has 0 radical (unpaired) electrons. The summed E-state index contributed by atoms with van der Waals surface area (Å²) in [6.45, 7) is 0.989. The number of benzene rings is 3. The van der Waals surface area contributed by atoms with E-state index in [1.165, 1.54) is 11.3 Å². The molecular weight excluding hydrogens is 484 g/mol. The first-order chi connectivity index (χ1) is 17.8. The van der Waals surface area contributed by atoms with Gasteiger partial charge in [-0.15, -0.1) is 11.3 Å². The van der Waals surface area contributed by atoms with Crippen molar-refractivity contribution in [1.29, 1.82) is 0 Å². The van der Waals surface area contributed by atoms with Crippen LogP contribution >= 0.6 is 11.3 Å². The van der Waals surface area contributed by atoms with E-state index in [1.807, 2.05) is 75.7 Å². The van der Waals surface area contributed by atoms with E-state index in [4.69, 9.17) is 4.84 Å². The van der Waals surface area contributed by atoms with Crippen LogP contribution in [0.2, 0.25) is 0 Å². The third-order valence-electron chi connectivity index (χ3n) is 5.87. The van der Waals surface area contributed by atoms with Crippen LogP contribution in [-0.2, 0) is 15.2 Å². The molecule has 0 amide bonds. The molecule has 37 heavy (non-hydrogen) atoms. The third-order valence-corrected chi connectivity index (χ3v) is 6.63. The topological polar surface area (TPSA) is 83.8 Å². The first-order valence-electron chi connectivity index (χ1n) is 11.9. The summed E-state index contributed by atoms with van der Waals surface area (Å²) in [7, 11) is 6.09. The molecule has 2 N–H and O–H groups in total. The van der Waals surface area contributed by atoms with Crippen LogP contribution in [0.1, 0.15) is 22.4 Å². The number of hydrogen-bond donors (Lipinski definition) is 2. The Hall–Kier alpha value is -4.01. The fourth-order valence-corrected chi connectivity index (χ4v) is 4.75. The van der Waals surface area contributed by atoms with Crippen LogP contribution in [0.25, 0.3) is 0 Å². The maximum Gasteiger partial charge on any atom is 0.360 e. The second-order valence-corrected chi connectivity index (χ2v) is 10.5. The number of nitrogens with one attached hydrogen (secondary N) is 1. The predicted molar refractivity (Wildman–Crippen MR) is 148 cm³/mol. The van der Waals surface area contributed by atoms with Crippen LogP contribution in [0.3, 0.4) is 0 Å². The zero-order chi connectivity index (χ0) is 26.3. The van der Waals surface area contributed by atoms with E-state index in [0.717, 1.165) is 16.7 Å². The van der Waals surface area contributed by atoms with Crippen molar-refractivity contribution in [2.75, 3.05) is 39.6 Å². The van der Waals surface area contributed by atoms with Gasteiger partial charge in [-0.2, -0.15) is 0 Å². The molecule has 0 spiro atoms. The molecule has 0 aliphatic carbocycles. The van der Waals surface area contributed by atoms with Gasteiger partial charge in [0.2, 0.25) is 5.71 Å². The Morgan fingerprint density at radius 1 is 0.919 bits per heavy atom. The first kappa shape index (κ1) is 26.1. The minimum absolute atomic E-state index is 0.226. The summed E-state index contributed by atoms with van der Waals surface area (Å²) in [5, 5.41) is 19.6. The highest BCUT2D eigenvalue weighted by atomic mass is 32.1. The Kier molecular flexibility index (Phi) is 8.01. The summed E-state index contributed by atoms with van der Waals surface area (Å²) in [5.74, 6) is -1.19. The van der Waals surface area contributed by atoms with Crippen LogP contribution in [0.15, 0.2) is 102 Å². The van der Waals surface area contributed by atoms with Crippen molar-refractivity contribution in [2.24, 2.45) is 5.16 Å². The van der Waals surface area contributed by atoms with Gasteiger partial charge < -0.3 is 19.7 Å². The molecule has 0 aliphatic rings. The summed E-state index contributed by atoms with van der Waals surface area (Å²) in [4.78, 5) is 22.0. The monoisotopic (exact) mass is 515 g/mol. The lowest BCUT2D eigenvalue weighted by atomic mass is 9.77. The van der Waals surface area contributed by atoms with Gasteiger partial charge in [0.05, 0.1) is 21.1 Å². The Morgan fingerprint density at radius 3 is 1.84 bits per heavy atom. The largest absolute Gasteiger partial charge is 0.476 e. The predicted octanol–water partition coefficient (Wildman–Crippen LogP) is 5.06. The fraction of sp³-hybridized carbons (Fsp3) is 0.207. The van der Waals surface area contributed by atoms with Crippen molar-refractivity contribution in [3.63, 3.8) is 0 Å². The van der Waals surface area contributed by atoms with Crippen LogP contribution in [-0.4, -0.2) is 60.5 Å². The molecule has 0 atom stereocenters. The highest BCUT2D eigenvalue weighted by Crippen LogP contribution is 2.40. The molecule has 0 bridgehead atoms. The van der Waals surface area contributed by atoms with Gasteiger partial charge in [0, 0.05) is 5.38 Å². The van der Waals surface area contributed by atoms with Gasteiger partial charge in [-0.25, -0.2) is 9.78 Å². The molecule has 0 unspecified atom stereocenters. The number of hydrogen-bond acceptors (Lipinski definition) is 6. The zero-order valence-corrected chi connectivity index (χ0v) is 22.0. The van der Waals surface area contributed by atoms with E-state index in [-0.39, 0.29) is 11.4 Å². The average Bonchev–Trinajstić information content (AvgIpc) is 3.36. The van der Waals surface area contributed by atoms with Gasteiger partial charge in [-0.3, -0.25) is 0 Å². The van der Waals surface area contributed by atoms with Crippen molar-refractivity contribution < 1.29 is 19.2 Å². The van der Waals surface area contributed by atoms with Crippen molar-refractivity contribution in [3.8, 4) is 0 Å². The molecule has 1 aromatic heterocycles. The molecule has 0 aliphatic heterocycles. The maximum atomic E-state index is 12.0. The second kappa shape index (κ2) is 11.4. The van der Waals surface area contributed by atoms with Crippen LogP contribution in [0, 0.1) is 0 Å². The number of aromatic nitrogens is 1. The molecular formula is C29H31N4O3S+. The van der Waals surface area contributed by atoms with Crippen molar-refractivity contribution in [2.45, 2.75) is 5.54 Å². The van der Waals surface area contributed by atoms with Gasteiger partial charge >= 0.3 is 5.97 Å². The number of anilines is 1. The van der Waals surface area contributed by atoms with Gasteiger partial charge in [0.25, 0.3) is 0 Å². The molecule has 190 valence electrons. The lowest BCUT2D eigenvalue weighted by Crippen LogP contribution is -2.38. The smallest absolute Gasteiger partial charge is 0.360 e. The van der Waals surface area contributed by atoms with Gasteiger partial charge in [0.1, 0.15) is 17.8 Å². The summed E-state index contributed by atoms with van der Waals surface area (Å²) in [6.07, 6.45) is 0. The Balaban J connectivity index is 1.75. The Morgan fingerprint density at radius 2 is 1.41 bits per heavy atom. The van der Waals surface area contributed by atoms with Crippen molar-refractivity contribution in [1.82, 2.24) is 4.98 Å². The summed E-state index contributed by atoms with van der Waals surface area (Å²) < 4.78 is 0.684. The maximum absolute atomic E-state index is 12.0. The van der Waals surface area contributed by atoms with Gasteiger partial charge in [0.15, 0.2) is 11.7 Å². The number of carboxylic acid groups (broad SMARTS) is 1. The lowest BCUT2D eigenvalue weighted by molar-refractivity contribution is -0.870. The van der Waals surface area contributed by atoms with E-state index in [2.05, 4.69) is 51.9 Å². The molecule has 3 aromatic carbocycles. The summed E-state index contributed by atoms with van der Waals surface area (Å²) in [6, 6.07) is 30.5. The molecule has 7 nitrogen and oxygen atoms in total. The Bertz CT molecular complexity index is 1240. The number of quaternary nitrogens is 1. The summed E-state index contributed by atoms with van der Waals surface area (Å²) in [5.41, 5.74) is 2.34. The number of rotatable bonds is 11. The SMILES string of the molecule is C[N+](C)(C)CCON=C(C(=O)O)c1csc(NC(c2ccccc2)(c2ccccc2)c2ccccc2)n1. The van der Waals surface area contributed by atoms with E-state index in [9.17, 15) is 9.90 Å². The standard InChI is InChI=1S/C29H30N4O3S/c1-33(2,3)19-20-36-32-26(27(34)35)25-21-37-28(30-25)31-29(22-13-7-4-8-14-22,23-15-9-5-10-16-23)24-17-11-6-12-18-24/h4-18,21H,19-20H2,1-3H3,(H-,30,31,34,35)/p+1. The number of oxime groups is 1. The number of thiazole rings is 1. The lowest BCUT2D eigenvalue weighted by Gasteiger charge is -2.36. The normalized spacial score (nSPS) is 12.2. The Labute approximate surface area is 221 Å². The van der Waals surface area contributed by atoms with E-state index in [0.29, 0.717) is 22.8 Å². The van der Waals surface area contributed by atoms with Crippen molar-refractivity contribution in [3.05, 3.63) is 119 Å². The highest BCUT2D eigenvalue weighted by Gasteiger charge is 2.37. The molecule has 8 heteroatoms. The number of aliphatic carboxylic acids is 1. The first-order valence-corrected chi connectivity index (χ1v) is 12.8. The summed E-state index contributed by atoms with van der Waals surface area (Å²) >= 11 is 1.32. The van der Waals surface area contributed by atoms with Gasteiger partial charge in [-0.1, -0.05) is 96.2 Å². The van der Waals surface area contributed by atoms with Gasteiger partial charge in [-0.05, 0) is 16.7 Å². The molecule has 1 heterocycles. The molecule has 0 saturated heterocycles.